The van der Waals surface area contributed by atoms with Gasteiger partial charge in [0.2, 0.25) is 0 Å². The summed E-state index contributed by atoms with van der Waals surface area (Å²) in [4.78, 5) is 0. The van der Waals surface area contributed by atoms with E-state index < -0.39 is 0 Å². The van der Waals surface area contributed by atoms with Crippen LogP contribution in [0.3, 0.4) is 0 Å². The highest BCUT2D eigenvalue weighted by atomic mass is 16.3. The van der Waals surface area contributed by atoms with Crippen LogP contribution in [0.15, 0.2) is 0 Å². The van der Waals surface area contributed by atoms with Crippen molar-refractivity contribution in [3.05, 3.63) is 0 Å². The van der Waals surface area contributed by atoms with E-state index in [1.807, 2.05) is 0 Å². The van der Waals surface area contributed by atoms with Gasteiger partial charge < -0.3 is 10.2 Å². The summed E-state index contributed by atoms with van der Waals surface area (Å²) < 4.78 is 0. The Bertz CT molecular complexity index is 622. The van der Waals surface area contributed by atoms with Crippen molar-refractivity contribution in [2.24, 2.45) is 16.7 Å². The van der Waals surface area contributed by atoms with Crippen LogP contribution >= 0.6 is 0 Å². The first kappa shape index (κ1) is 45.9. The second kappa shape index (κ2) is 32.8. The Hall–Kier alpha value is -0.0800. The van der Waals surface area contributed by atoms with Gasteiger partial charge >= 0.3 is 0 Å². The quantitative estimate of drug-likeness (QED) is 0.0999. The summed E-state index contributed by atoms with van der Waals surface area (Å²) in [6, 6.07) is 0. The van der Waals surface area contributed by atoms with Crippen LogP contribution in [0.5, 0.6) is 0 Å². The first-order valence-electron chi connectivity index (χ1n) is 22.8. The highest BCUT2D eigenvalue weighted by Crippen LogP contribution is 2.58. The van der Waals surface area contributed by atoms with Crippen molar-refractivity contribution in [2.45, 2.75) is 265 Å². The fourth-order valence-electron chi connectivity index (χ4n) is 9.76. The van der Waals surface area contributed by atoms with Crippen LogP contribution in [-0.2, 0) is 0 Å². The summed E-state index contributed by atoms with van der Waals surface area (Å²) in [6.45, 7) is 8.72. The standard InChI is InChI=1S/C46H92O2/c1-4-38-45(3)44(2)37-31-25-19-13-9-7-5-6-8-10-14-20-26-32-39-46(45,40-33-27-21-15-11-17-23-29-35-42-47)41-34-28-22-16-12-18-24-30-36-43-48/h44,47-48H,4-43H2,1-3H3. The van der Waals surface area contributed by atoms with Crippen molar-refractivity contribution < 1.29 is 10.2 Å². The van der Waals surface area contributed by atoms with E-state index in [0.717, 1.165) is 18.8 Å². The van der Waals surface area contributed by atoms with Gasteiger partial charge in [-0.2, -0.15) is 0 Å². The van der Waals surface area contributed by atoms with Crippen LogP contribution in [0.4, 0.5) is 0 Å². The molecule has 1 saturated carbocycles. The Morgan fingerprint density at radius 1 is 0.417 bits per heavy atom. The second-order valence-electron chi connectivity index (χ2n) is 17.1. The van der Waals surface area contributed by atoms with Crippen molar-refractivity contribution in [2.75, 3.05) is 13.2 Å². The van der Waals surface area contributed by atoms with Gasteiger partial charge in [-0.25, -0.2) is 0 Å². The molecule has 1 fully saturated rings. The Kier molecular flexibility index (Phi) is 31.4. The SMILES string of the molecule is CCCC1(C)C(C)CCCCCCCCCCCCCCCCC1(CCCCCCCCCCCO)CCCCCCCCCCCO. The van der Waals surface area contributed by atoms with E-state index in [-0.39, 0.29) is 0 Å². The topological polar surface area (TPSA) is 40.5 Å². The summed E-state index contributed by atoms with van der Waals surface area (Å²) >= 11 is 0. The number of hydrogen-bond donors (Lipinski definition) is 2. The van der Waals surface area contributed by atoms with Crippen molar-refractivity contribution in [1.29, 1.82) is 0 Å². The summed E-state index contributed by atoms with van der Waals surface area (Å²) in [7, 11) is 0. The number of hydrogen-bond acceptors (Lipinski definition) is 2. The Labute approximate surface area is 304 Å². The van der Waals surface area contributed by atoms with Gasteiger partial charge in [-0.15, -0.1) is 0 Å². The molecular formula is C46H92O2. The molecule has 0 aromatic heterocycles. The molecule has 0 heterocycles. The lowest BCUT2D eigenvalue weighted by Crippen LogP contribution is -2.45. The molecule has 2 atom stereocenters. The number of unbranched alkanes of at least 4 members (excludes halogenated alkanes) is 16. The van der Waals surface area contributed by atoms with Crippen molar-refractivity contribution in [3.8, 4) is 0 Å². The van der Waals surface area contributed by atoms with Crippen LogP contribution in [0.2, 0.25) is 0 Å². The lowest BCUT2D eigenvalue weighted by molar-refractivity contribution is -0.0423. The number of rotatable bonds is 24. The van der Waals surface area contributed by atoms with Gasteiger partial charge in [0.15, 0.2) is 0 Å². The number of aliphatic hydroxyl groups is 2. The minimum atomic E-state index is 0.365. The summed E-state index contributed by atoms with van der Waals surface area (Å²) in [5.74, 6) is 0.831. The molecule has 0 radical (unpaired) electrons. The Morgan fingerprint density at radius 2 is 0.729 bits per heavy atom. The van der Waals surface area contributed by atoms with E-state index in [0.29, 0.717) is 24.0 Å². The van der Waals surface area contributed by atoms with Gasteiger partial charge in [0.25, 0.3) is 0 Å². The van der Waals surface area contributed by atoms with Crippen molar-refractivity contribution in [3.63, 3.8) is 0 Å². The molecule has 0 aromatic rings. The summed E-state index contributed by atoms with van der Waals surface area (Å²) in [6.07, 6.45) is 53.2. The van der Waals surface area contributed by atoms with Gasteiger partial charge in [-0.3, -0.25) is 0 Å². The first-order valence-corrected chi connectivity index (χ1v) is 22.8. The highest BCUT2D eigenvalue weighted by molar-refractivity contribution is 4.98. The van der Waals surface area contributed by atoms with Gasteiger partial charge in [0.05, 0.1) is 0 Å². The molecule has 1 rings (SSSR count). The average Bonchev–Trinajstić information content (AvgIpc) is 3.08. The molecule has 0 aromatic carbocycles. The fourth-order valence-corrected chi connectivity index (χ4v) is 9.76. The van der Waals surface area contributed by atoms with Crippen molar-refractivity contribution in [1.82, 2.24) is 0 Å². The molecule has 1 aliphatic rings. The molecule has 2 nitrogen and oxygen atoms in total. The fraction of sp³-hybridized carbons (Fsp3) is 1.00. The largest absolute Gasteiger partial charge is 0.396 e. The Balaban J connectivity index is 2.97. The molecule has 2 N–H and O–H groups in total. The smallest absolute Gasteiger partial charge is 0.0431 e. The molecule has 2 heteroatoms. The highest BCUT2D eigenvalue weighted by Gasteiger charge is 2.48. The molecule has 1 aliphatic carbocycles. The lowest BCUT2D eigenvalue weighted by atomic mass is 9.51. The molecule has 0 saturated heterocycles. The molecule has 0 spiro atoms. The van der Waals surface area contributed by atoms with E-state index in [1.54, 1.807) is 0 Å². The lowest BCUT2D eigenvalue weighted by Gasteiger charge is -2.54. The maximum atomic E-state index is 9.07. The van der Waals surface area contributed by atoms with Crippen LogP contribution < -0.4 is 0 Å². The van der Waals surface area contributed by atoms with E-state index >= 15 is 0 Å². The maximum Gasteiger partial charge on any atom is 0.0431 e. The van der Waals surface area contributed by atoms with E-state index in [1.165, 1.54) is 231 Å². The van der Waals surface area contributed by atoms with Gasteiger partial charge in [0.1, 0.15) is 0 Å². The molecule has 2 unspecified atom stereocenters. The first-order chi connectivity index (χ1) is 23.6. The van der Waals surface area contributed by atoms with E-state index in [2.05, 4.69) is 20.8 Å². The molecule has 0 amide bonds. The van der Waals surface area contributed by atoms with Crippen LogP contribution in [-0.4, -0.2) is 23.4 Å². The average molecular weight is 677 g/mol. The third-order valence-electron chi connectivity index (χ3n) is 13.2. The zero-order valence-corrected chi connectivity index (χ0v) is 33.8. The van der Waals surface area contributed by atoms with Gasteiger partial charge in [-0.1, -0.05) is 226 Å². The van der Waals surface area contributed by atoms with Crippen LogP contribution in [0.1, 0.15) is 265 Å². The zero-order valence-electron chi connectivity index (χ0n) is 33.8. The van der Waals surface area contributed by atoms with E-state index in [9.17, 15) is 0 Å². The predicted octanol–water partition coefficient (Wildman–Crippen LogP) is 15.5. The van der Waals surface area contributed by atoms with E-state index in [4.69, 9.17) is 10.2 Å². The van der Waals surface area contributed by atoms with Crippen LogP contribution in [0.25, 0.3) is 0 Å². The molecule has 0 aliphatic heterocycles. The monoisotopic (exact) mass is 677 g/mol. The minimum Gasteiger partial charge on any atom is -0.396 e. The zero-order chi connectivity index (χ0) is 34.9. The molecule has 0 bridgehead atoms. The summed E-state index contributed by atoms with van der Waals surface area (Å²) in [5.41, 5.74) is 0.976. The number of aliphatic hydroxyl groups excluding tert-OH is 2. The normalized spacial score (nSPS) is 22.6. The van der Waals surface area contributed by atoms with Gasteiger partial charge in [-0.05, 0) is 55.3 Å². The minimum absolute atomic E-state index is 0.365. The van der Waals surface area contributed by atoms with Crippen LogP contribution in [0, 0.1) is 16.7 Å². The molecule has 288 valence electrons. The molecule has 48 heavy (non-hydrogen) atoms. The Morgan fingerprint density at radius 3 is 1.08 bits per heavy atom. The predicted molar refractivity (Wildman–Crippen MR) is 215 cm³/mol. The summed E-state index contributed by atoms with van der Waals surface area (Å²) in [5, 5.41) is 18.1. The third kappa shape index (κ3) is 22.0. The second-order valence-corrected chi connectivity index (χ2v) is 17.1. The maximum absolute atomic E-state index is 9.07. The third-order valence-corrected chi connectivity index (χ3v) is 13.2. The van der Waals surface area contributed by atoms with Gasteiger partial charge in [0, 0.05) is 13.2 Å². The van der Waals surface area contributed by atoms with Crippen molar-refractivity contribution >= 4 is 0 Å². The molecular weight excluding hydrogens is 585 g/mol.